The Morgan fingerprint density at radius 2 is 1.82 bits per heavy atom. The van der Waals surface area contributed by atoms with E-state index in [1.165, 1.54) is 6.07 Å². The molecule has 1 fully saturated rings. The summed E-state index contributed by atoms with van der Waals surface area (Å²) in [6.45, 7) is 3.63. The molecule has 1 aliphatic heterocycles. The highest BCUT2D eigenvalue weighted by Crippen LogP contribution is 2.24. The van der Waals surface area contributed by atoms with Crippen molar-refractivity contribution < 1.29 is 13.2 Å². The van der Waals surface area contributed by atoms with Crippen molar-refractivity contribution in [1.82, 2.24) is 10.9 Å². The van der Waals surface area contributed by atoms with Gasteiger partial charge < -0.3 is 5.32 Å². The first-order valence-electron chi connectivity index (χ1n) is 8.70. The molecule has 0 aromatic heterocycles. The molecule has 0 aliphatic carbocycles. The third-order valence-electron chi connectivity index (χ3n) is 4.53. The van der Waals surface area contributed by atoms with E-state index in [0.29, 0.717) is 16.9 Å². The maximum absolute atomic E-state index is 12.9. The molecule has 3 unspecified atom stereocenters. The van der Waals surface area contributed by atoms with Crippen LogP contribution in [0.25, 0.3) is 0 Å². The Kier molecular flexibility index (Phi) is 5.65. The lowest BCUT2D eigenvalue weighted by Crippen LogP contribution is -2.45. The highest BCUT2D eigenvalue weighted by Gasteiger charge is 2.46. The molecule has 1 aliphatic rings. The second-order valence-electron chi connectivity index (χ2n) is 6.72. The summed E-state index contributed by atoms with van der Waals surface area (Å²) in [5, 5.41) is 10.5. The number of hydrazine groups is 1. The van der Waals surface area contributed by atoms with Crippen LogP contribution in [0, 0.1) is 24.2 Å². The highest BCUT2D eigenvalue weighted by molar-refractivity contribution is 7.93. The first-order chi connectivity index (χ1) is 13.3. The van der Waals surface area contributed by atoms with Crippen LogP contribution in [0.4, 0.5) is 11.4 Å². The van der Waals surface area contributed by atoms with Crippen LogP contribution in [0.5, 0.6) is 0 Å². The van der Waals surface area contributed by atoms with Gasteiger partial charge in [0.25, 0.3) is 10.0 Å². The predicted molar refractivity (Wildman–Crippen MR) is 107 cm³/mol. The lowest BCUT2D eigenvalue weighted by Gasteiger charge is -2.21. The van der Waals surface area contributed by atoms with Gasteiger partial charge in [-0.25, -0.2) is 13.8 Å². The van der Waals surface area contributed by atoms with Crippen molar-refractivity contribution in [3.63, 3.8) is 0 Å². The van der Waals surface area contributed by atoms with Crippen molar-refractivity contribution >= 4 is 27.3 Å². The molecule has 2 aromatic rings. The number of amides is 1. The molecule has 1 heterocycles. The van der Waals surface area contributed by atoms with Crippen molar-refractivity contribution in [3.8, 4) is 6.07 Å². The number of aryl methyl sites for hydroxylation is 1. The lowest BCUT2D eigenvalue weighted by atomic mass is 10.0. The maximum Gasteiger partial charge on any atom is 0.250 e. The van der Waals surface area contributed by atoms with E-state index in [2.05, 4.69) is 20.9 Å². The molecule has 0 spiro atoms. The molecule has 2 aromatic carbocycles. The van der Waals surface area contributed by atoms with Crippen molar-refractivity contribution in [2.75, 3.05) is 10.0 Å². The van der Waals surface area contributed by atoms with Crippen LogP contribution in [-0.4, -0.2) is 25.7 Å². The van der Waals surface area contributed by atoms with Gasteiger partial charge in [-0.1, -0.05) is 23.8 Å². The maximum atomic E-state index is 12.9. The molecule has 0 bridgehead atoms. The zero-order chi connectivity index (χ0) is 20.3. The van der Waals surface area contributed by atoms with Crippen molar-refractivity contribution in [3.05, 3.63) is 59.7 Å². The number of nitrogens with one attached hydrogen (secondary N) is 4. The Labute approximate surface area is 164 Å². The predicted octanol–water partition coefficient (Wildman–Crippen LogP) is 1.69. The Bertz CT molecular complexity index is 1010. The minimum absolute atomic E-state index is 0.402. The molecule has 28 heavy (non-hydrogen) atoms. The first kappa shape index (κ1) is 19.8. The van der Waals surface area contributed by atoms with Crippen LogP contribution < -0.4 is 20.9 Å². The van der Waals surface area contributed by atoms with Crippen LogP contribution in [0.1, 0.15) is 18.1 Å². The molecule has 146 valence electrons. The summed E-state index contributed by atoms with van der Waals surface area (Å²) < 4.78 is 28.2. The van der Waals surface area contributed by atoms with E-state index in [1.54, 1.807) is 49.4 Å². The summed E-state index contributed by atoms with van der Waals surface area (Å²) >= 11 is 0. The Morgan fingerprint density at radius 3 is 2.50 bits per heavy atom. The third kappa shape index (κ3) is 4.31. The van der Waals surface area contributed by atoms with E-state index in [4.69, 9.17) is 5.26 Å². The van der Waals surface area contributed by atoms with Crippen LogP contribution in [0.15, 0.2) is 48.5 Å². The molecular weight excluding hydrogens is 378 g/mol. The molecular formula is C19H21N5O3S. The number of nitriles is 1. The minimum Gasteiger partial charge on any atom is -0.326 e. The quantitative estimate of drug-likeness (QED) is 0.607. The van der Waals surface area contributed by atoms with Gasteiger partial charge in [0.15, 0.2) is 5.37 Å². The van der Waals surface area contributed by atoms with Crippen LogP contribution in [0.3, 0.4) is 0 Å². The van der Waals surface area contributed by atoms with Gasteiger partial charge in [-0.3, -0.25) is 14.9 Å². The molecule has 1 saturated heterocycles. The van der Waals surface area contributed by atoms with Crippen LogP contribution >= 0.6 is 0 Å². The summed E-state index contributed by atoms with van der Waals surface area (Å²) in [5.74, 6) is -1.34. The number of benzene rings is 2. The third-order valence-corrected chi connectivity index (χ3v) is 6.13. The number of rotatable bonds is 5. The number of anilines is 2. The second kappa shape index (κ2) is 7.98. The summed E-state index contributed by atoms with van der Waals surface area (Å²) in [6, 6.07) is 15.0. The SMILES string of the molecule is Cc1ccc(NS(=O)(=O)C2NNC(C)C2C(=O)Nc2cccc(C#N)c2)cc1. The summed E-state index contributed by atoms with van der Waals surface area (Å²) in [7, 11) is -3.89. The number of carbonyl (C=O) groups excluding carboxylic acids is 1. The fraction of sp³-hybridized carbons (Fsp3) is 0.263. The van der Waals surface area contributed by atoms with Gasteiger partial charge in [0.05, 0.1) is 17.6 Å². The Morgan fingerprint density at radius 1 is 1.11 bits per heavy atom. The molecule has 1 amide bonds. The smallest absolute Gasteiger partial charge is 0.250 e. The summed E-state index contributed by atoms with van der Waals surface area (Å²) in [5.41, 5.74) is 7.80. The van der Waals surface area contributed by atoms with E-state index in [-0.39, 0.29) is 0 Å². The Hall–Kier alpha value is -2.93. The first-order valence-corrected chi connectivity index (χ1v) is 10.2. The number of carbonyl (C=O) groups is 1. The van der Waals surface area contributed by atoms with E-state index >= 15 is 0 Å². The van der Waals surface area contributed by atoms with E-state index < -0.39 is 33.3 Å². The molecule has 0 radical (unpaired) electrons. The van der Waals surface area contributed by atoms with E-state index in [9.17, 15) is 13.2 Å². The van der Waals surface area contributed by atoms with Crippen molar-refractivity contribution in [2.24, 2.45) is 5.92 Å². The number of nitrogens with zero attached hydrogens (tertiary/aromatic N) is 1. The fourth-order valence-corrected chi connectivity index (χ4v) is 4.59. The van der Waals surface area contributed by atoms with Crippen LogP contribution in [-0.2, 0) is 14.8 Å². The second-order valence-corrected chi connectivity index (χ2v) is 8.52. The molecule has 9 heteroatoms. The largest absolute Gasteiger partial charge is 0.326 e. The van der Waals surface area contributed by atoms with E-state index in [1.807, 2.05) is 13.0 Å². The van der Waals surface area contributed by atoms with Gasteiger partial charge in [0.1, 0.15) is 0 Å². The molecule has 3 rings (SSSR count). The summed E-state index contributed by atoms with van der Waals surface area (Å²) in [6.07, 6.45) is 0. The fourth-order valence-electron chi connectivity index (χ4n) is 3.03. The van der Waals surface area contributed by atoms with E-state index in [0.717, 1.165) is 5.56 Å². The average molecular weight is 399 g/mol. The zero-order valence-corrected chi connectivity index (χ0v) is 16.2. The number of hydrogen-bond donors (Lipinski definition) is 4. The van der Waals surface area contributed by atoms with Gasteiger partial charge in [-0.05, 0) is 44.2 Å². The monoisotopic (exact) mass is 399 g/mol. The molecule has 3 atom stereocenters. The lowest BCUT2D eigenvalue weighted by molar-refractivity contribution is -0.119. The molecule has 4 N–H and O–H groups in total. The van der Waals surface area contributed by atoms with Gasteiger partial charge in [-0.15, -0.1) is 0 Å². The number of hydrogen-bond acceptors (Lipinski definition) is 6. The summed E-state index contributed by atoms with van der Waals surface area (Å²) in [4.78, 5) is 12.8. The van der Waals surface area contributed by atoms with Crippen molar-refractivity contribution in [1.29, 1.82) is 5.26 Å². The van der Waals surface area contributed by atoms with Gasteiger partial charge in [0.2, 0.25) is 5.91 Å². The minimum atomic E-state index is -3.89. The number of sulfonamides is 1. The van der Waals surface area contributed by atoms with Gasteiger partial charge >= 0.3 is 0 Å². The van der Waals surface area contributed by atoms with Gasteiger partial charge in [-0.2, -0.15) is 5.26 Å². The Balaban J connectivity index is 1.79. The normalized spacial score (nSPS) is 21.7. The standard InChI is InChI=1S/C19H21N5O3S/c1-12-6-8-15(9-7-12)24-28(26,27)19-17(13(2)22-23-19)18(25)21-16-5-3-4-14(10-16)11-20/h3-10,13,17,19,22-24H,1-2H3,(H,21,25). The molecule has 8 nitrogen and oxygen atoms in total. The average Bonchev–Trinajstić information content (AvgIpc) is 3.06. The highest BCUT2D eigenvalue weighted by atomic mass is 32.2. The zero-order valence-electron chi connectivity index (χ0n) is 15.4. The topological polar surface area (TPSA) is 123 Å². The van der Waals surface area contributed by atoms with Crippen LogP contribution in [0.2, 0.25) is 0 Å². The molecule has 0 saturated carbocycles. The van der Waals surface area contributed by atoms with Crippen molar-refractivity contribution in [2.45, 2.75) is 25.3 Å². The van der Waals surface area contributed by atoms with Gasteiger partial charge in [0, 0.05) is 17.4 Å².